The Bertz CT molecular complexity index is 934. The van der Waals surface area contributed by atoms with Gasteiger partial charge in [-0.1, -0.05) is 19.9 Å². The minimum Gasteiger partial charge on any atom is -0.341 e. The minimum atomic E-state index is -4.70. The molecule has 0 bridgehead atoms. The van der Waals surface area contributed by atoms with Gasteiger partial charge in [-0.2, -0.15) is 13.2 Å². The highest BCUT2D eigenvalue weighted by atomic mass is 32.2. The second-order valence-corrected chi connectivity index (χ2v) is 10.6. The molecule has 4 atom stereocenters. The van der Waals surface area contributed by atoms with Gasteiger partial charge in [0.15, 0.2) is 0 Å². The average molecular weight is 462 g/mol. The third kappa shape index (κ3) is 4.90. The topological polar surface area (TPSA) is 92.5 Å². The van der Waals surface area contributed by atoms with Gasteiger partial charge in [0.05, 0.1) is 16.5 Å². The Morgan fingerprint density at radius 1 is 1.26 bits per heavy atom. The van der Waals surface area contributed by atoms with Crippen LogP contribution in [0.4, 0.5) is 13.2 Å². The molecule has 6 nitrogen and oxygen atoms in total. The number of nitrogens with zero attached hydrogens (tertiary/aromatic N) is 1. The molecule has 31 heavy (non-hydrogen) atoms. The number of benzene rings is 1. The van der Waals surface area contributed by atoms with Crippen LogP contribution in [0.2, 0.25) is 0 Å². The number of likely N-dealkylation sites (tertiary alicyclic amines) is 1. The van der Waals surface area contributed by atoms with Gasteiger partial charge in [0.2, 0.25) is 15.9 Å². The van der Waals surface area contributed by atoms with E-state index in [-0.39, 0.29) is 29.3 Å². The van der Waals surface area contributed by atoms with E-state index in [1.54, 1.807) is 11.9 Å². The molecule has 174 valence electrons. The number of amides is 1. The molecular formula is C21H30F3N3O3S. The third-order valence-electron chi connectivity index (χ3n) is 6.57. The number of primary sulfonamides is 1. The number of carbonyl (C=O) groups excluding carboxylic acids is 1. The zero-order valence-corrected chi connectivity index (χ0v) is 18.8. The van der Waals surface area contributed by atoms with Crippen molar-refractivity contribution in [2.45, 2.75) is 56.1 Å². The molecule has 2 fully saturated rings. The molecular weight excluding hydrogens is 431 g/mol. The van der Waals surface area contributed by atoms with Gasteiger partial charge in [-0.3, -0.25) is 4.79 Å². The molecule has 1 heterocycles. The summed E-state index contributed by atoms with van der Waals surface area (Å²) >= 11 is 0. The van der Waals surface area contributed by atoms with Crippen molar-refractivity contribution >= 4 is 15.9 Å². The number of halogens is 3. The van der Waals surface area contributed by atoms with E-state index in [4.69, 9.17) is 5.14 Å². The molecule has 0 aromatic heterocycles. The first-order valence-electron chi connectivity index (χ1n) is 10.5. The predicted octanol–water partition coefficient (Wildman–Crippen LogP) is 2.94. The lowest BCUT2D eigenvalue weighted by Crippen LogP contribution is -2.45. The summed E-state index contributed by atoms with van der Waals surface area (Å²) in [6, 6.07) is 2.78. The molecule has 3 rings (SSSR count). The fourth-order valence-corrected chi connectivity index (χ4v) is 6.10. The summed E-state index contributed by atoms with van der Waals surface area (Å²) in [6.07, 6.45) is -2.95. The molecule has 1 amide bonds. The van der Waals surface area contributed by atoms with Crippen molar-refractivity contribution < 1.29 is 26.4 Å². The molecule has 0 radical (unpaired) electrons. The van der Waals surface area contributed by atoms with Gasteiger partial charge in [0, 0.05) is 13.1 Å². The smallest absolute Gasteiger partial charge is 0.341 e. The molecule has 1 saturated carbocycles. The van der Waals surface area contributed by atoms with Crippen molar-refractivity contribution in [2.75, 3.05) is 20.1 Å². The van der Waals surface area contributed by atoms with Crippen LogP contribution < -0.4 is 10.5 Å². The normalized spacial score (nSPS) is 25.2. The number of rotatable bonds is 6. The number of sulfonamides is 1. The van der Waals surface area contributed by atoms with Gasteiger partial charge < -0.3 is 10.2 Å². The first kappa shape index (κ1) is 24.0. The van der Waals surface area contributed by atoms with Crippen LogP contribution in [0.5, 0.6) is 0 Å². The lowest BCUT2D eigenvalue weighted by atomic mass is 9.84. The van der Waals surface area contributed by atoms with Crippen LogP contribution in [-0.2, 0) is 21.0 Å². The van der Waals surface area contributed by atoms with Crippen molar-refractivity contribution in [3.05, 3.63) is 29.3 Å². The Kier molecular flexibility index (Phi) is 6.74. The lowest BCUT2D eigenvalue weighted by molar-refractivity contribution is -0.139. The number of nitrogens with one attached hydrogen (secondary N) is 1. The summed E-state index contributed by atoms with van der Waals surface area (Å²) in [5, 5.41) is 8.33. The van der Waals surface area contributed by atoms with Crippen LogP contribution >= 0.6 is 0 Å². The zero-order valence-electron chi connectivity index (χ0n) is 17.9. The van der Waals surface area contributed by atoms with Gasteiger partial charge in [-0.25, -0.2) is 13.6 Å². The molecule has 1 aliphatic carbocycles. The summed E-state index contributed by atoms with van der Waals surface area (Å²) < 4.78 is 65.6. The van der Waals surface area contributed by atoms with E-state index in [1.165, 1.54) is 0 Å². The Morgan fingerprint density at radius 3 is 2.48 bits per heavy atom. The summed E-state index contributed by atoms with van der Waals surface area (Å²) in [5.41, 5.74) is -1.20. The molecule has 2 aliphatic rings. The van der Waals surface area contributed by atoms with Crippen LogP contribution in [0.3, 0.4) is 0 Å². The van der Waals surface area contributed by atoms with E-state index in [0.29, 0.717) is 38.3 Å². The van der Waals surface area contributed by atoms with E-state index in [2.05, 4.69) is 5.32 Å². The van der Waals surface area contributed by atoms with Crippen LogP contribution in [0.1, 0.15) is 50.2 Å². The standard InChI is InChI=1S/C21H30F3N3O3S/c1-12(2)9-17(26-3)20(28)27-10-13-7-8-14(15(13)11-27)19-16(21(22,23)24)5-4-6-18(19)31(25,29)30/h4-6,12-15,17,26H,7-11H2,1-3H3,(H2,25,29,30)/t13-,14-,15+,17-/m0/s1. The number of hydrogen-bond acceptors (Lipinski definition) is 4. The van der Waals surface area contributed by atoms with Crippen LogP contribution in [0, 0.1) is 17.8 Å². The Morgan fingerprint density at radius 2 is 1.94 bits per heavy atom. The molecule has 1 aliphatic heterocycles. The maximum Gasteiger partial charge on any atom is 0.416 e. The minimum absolute atomic E-state index is 0.0418. The Hall–Kier alpha value is -1.65. The van der Waals surface area contributed by atoms with E-state index < -0.39 is 32.6 Å². The molecule has 1 aromatic rings. The number of nitrogens with two attached hydrogens (primary N) is 1. The van der Waals surface area contributed by atoms with Crippen molar-refractivity contribution in [1.82, 2.24) is 10.2 Å². The average Bonchev–Trinajstić information content (AvgIpc) is 3.24. The van der Waals surface area contributed by atoms with Crippen LogP contribution in [0.25, 0.3) is 0 Å². The van der Waals surface area contributed by atoms with Crippen molar-refractivity contribution in [1.29, 1.82) is 0 Å². The largest absolute Gasteiger partial charge is 0.416 e. The van der Waals surface area contributed by atoms with Crippen molar-refractivity contribution in [2.24, 2.45) is 22.9 Å². The maximum atomic E-state index is 13.8. The summed E-state index contributed by atoms with van der Waals surface area (Å²) in [5.74, 6) is -0.552. The van der Waals surface area contributed by atoms with E-state index in [0.717, 1.165) is 18.2 Å². The van der Waals surface area contributed by atoms with E-state index in [9.17, 15) is 26.4 Å². The molecule has 3 N–H and O–H groups in total. The summed E-state index contributed by atoms with van der Waals surface area (Å²) in [4.78, 5) is 14.3. The highest BCUT2D eigenvalue weighted by Gasteiger charge is 2.49. The number of hydrogen-bond donors (Lipinski definition) is 2. The number of likely N-dealkylation sites (N-methyl/N-ethyl adjacent to an activating group) is 1. The second-order valence-electron chi connectivity index (χ2n) is 9.08. The third-order valence-corrected chi connectivity index (χ3v) is 7.54. The van der Waals surface area contributed by atoms with Crippen LogP contribution in [-0.4, -0.2) is 45.4 Å². The van der Waals surface area contributed by atoms with E-state index in [1.807, 2.05) is 13.8 Å². The van der Waals surface area contributed by atoms with Crippen molar-refractivity contribution in [3.63, 3.8) is 0 Å². The summed E-state index contributed by atoms with van der Waals surface area (Å²) in [6.45, 7) is 4.85. The molecule has 1 aromatic carbocycles. The fraction of sp³-hybridized carbons (Fsp3) is 0.667. The first-order valence-corrected chi connectivity index (χ1v) is 12.1. The van der Waals surface area contributed by atoms with E-state index >= 15 is 0 Å². The Balaban J connectivity index is 1.94. The first-order chi connectivity index (χ1) is 14.3. The van der Waals surface area contributed by atoms with Gasteiger partial charge in [0.1, 0.15) is 0 Å². The van der Waals surface area contributed by atoms with Gasteiger partial charge in [0.25, 0.3) is 0 Å². The molecule has 0 spiro atoms. The van der Waals surface area contributed by atoms with Crippen LogP contribution in [0.15, 0.2) is 23.1 Å². The van der Waals surface area contributed by atoms with Crippen molar-refractivity contribution in [3.8, 4) is 0 Å². The highest BCUT2D eigenvalue weighted by Crippen LogP contribution is 2.51. The molecule has 1 saturated heterocycles. The van der Waals surface area contributed by atoms with Gasteiger partial charge >= 0.3 is 6.18 Å². The van der Waals surface area contributed by atoms with Gasteiger partial charge in [-0.05, 0) is 67.7 Å². The number of fused-ring (bicyclic) bond motifs is 1. The number of carbonyl (C=O) groups is 1. The lowest BCUT2D eigenvalue weighted by Gasteiger charge is -2.27. The number of alkyl halides is 3. The van der Waals surface area contributed by atoms with Gasteiger partial charge in [-0.15, -0.1) is 0 Å². The molecule has 10 heteroatoms. The summed E-state index contributed by atoms with van der Waals surface area (Å²) in [7, 11) is -2.61. The maximum absolute atomic E-state index is 13.8. The SMILES string of the molecule is CN[C@@H](CC(C)C)C(=O)N1C[C@@H]2CC[C@H](c3c(C(F)(F)F)cccc3S(N)(=O)=O)[C@@H]2C1. The highest BCUT2D eigenvalue weighted by molar-refractivity contribution is 7.89. The molecule has 0 unspecified atom stereocenters. The quantitative estimate of drug-likeness (QED) is 0.681. The predicted molar refractivity (Wildman–Crippen MR) is 111 cm³/mol. The fourth-order valence-electron chi connectivity index (χ4n) is 5.26. The second kappa shape index (κ2) is 8.71. The Labute approximate surface area is 181 Å². The monoisotopic (exact) mass is 461 g/mol. The zero-order chi connectivity index (χ0) is 23.1.